The van der Waals surface area contributed by atoms with Gasteiger partial charge in [0.25, 0.3) is 0 Å². The number of furan rings is 2. The average Bonchev–Trinajstić information content (AvgIpc) is 1.96. The lowest BCUT2D eigenvalue weighted by atomic mass is 9.68. The van der Waals surface area contributed by atoms with Crippen molar-refractivity contribution >= 4 is 87.5 Å². The van der Waals surface area contributed by atoms with Gasteiger partial charge < -0.3 is 18.0 Å². The van der Waals surface area contributed by atoms with Crippen LogP contribution in [-0.4, -0.2) is 9.13 Å². The van der Waals surface area contributed by atoms with Crippen molar-refractivity contribution in [3.63, 3.8) is 0 Å². The summed E-state index contributed by atoms with van der Waals surface area (Å²) in [5.74, 6) is 0. The molecule has 0 atom stereocenters. The van der Waals surface area contributed by atoms with Crippen LogP contribution in [0.3, 0.4) is 0 Å². The van der Waals surface area contributed by atoms with E-state index in [0.29, 0.717) is 0 Å². The zero-order valence-electron chi connectivity index (χ0n) is 45.4. The Morgan fingerprint density at radius 3 is 0.988 bits per heavy atom. The number of nitrogens with zero attached hydrogens (tertiary/aromatic N) is 2. The monoisotopic (exact) mass is 1070 g/mol. The Hall–Kier alpha value is -10.9. The summed E-state index contributed by atoms with van der Waals surface area (Å²) in [4.78, 5) is 0. The van der Waals surface area contributed by atoms with Crippen LogP contribution in [0.5, 0.6) is 0 Å². The Morgan fingerprint density at radius 2 is 0.583 bits per heavy atom. The lowest BCUT2D eigenvalue weighted by Crippen LogP contribution is -2.28. The standard InChI is InChI=1S/C80H48N2O2/c1-5-21-49(22-6-1)79(50-23-7-2-8-24-50)65-33-17-13-29-55(65)61-45-53(37-41-67(61)79)81-69-43-39-59-57-31-15-19-35-73(57)83-77(59)75(69)63-48-72-64(47-71(63)81)76-70(44-40-60-58-32-16-20-36-74(58)84-78(60)76)82(72)54-38-42-68-62(46-54)56-30-14-18-34-66(56)80(68,51-25-9-3-10-26-51)52-27-11-4-12-28-52/h1-48H. The molecule has 4 aromatic heterocycles. The highest BCUT2D eigenvalue weighted by atomic mass is 16.3. The summed E-state index contributed by atoms with van der Waals surface area (Å²) < 4.78 is 19.2. The number of rotatable bonds is 6. The number of fused-ring (bicyclic) bond motifs is 20. The maximum Gasteiger partial charge on any atom is 0.145 e. The quantitative estimate of drug-likeness (QED) is 0.166. The van der Waals surface area contributed by atoms with Crippen molar-refractivity contribution in [3.05, 3.63) is 336 Å². The number of hydrogen-bond donors (Lipinski definition) is 0. The first-order valence-corrected chi connectivity index (χ1v) is 29.1. The summed E-state index contributed by atoms with van der Waals surface area (Å²) in [5.41, 5.74) is 23.9. The third-order valence-corrected chi connectivity index (χ3v) is 19.1. The van der Waals surface area contributed by atoms with E-state index in [0.717, 1.165) is 98.9 Å². The van der Waals surface area contributed by atoms with Crippen molar-refractivity contribution in [1.82, 2.24) is 9.13 Å². The fraction of sp³-hybridized carbons (Fsp3) is 0.0250. The van der Waals surface area contributed by atoms with Gasteiger partial charge in [0.1, 0.15) is 22.3 Å². The van der Waals surface area contributed by atoms with Crippen LogP contribution in [0.25, 0.3) is 121 Å². The van der Waals surface area contributed by atoms with Crippen LogP contribution in [-0.2, 0) is 10.8 Å². The molecule has 0 aliphatic heterocycles. The lowest BCUT2D eigenvalue weighted by molar-refractivity contribution is 0.672. The van der Waals surface area contributed by atoms with Crippen LogP contribution < -0.4 is 0 Å². The second kappa shape index (κ2) is 16.8. The molecular formula is C80H48N2O2. The highest BCUT2D eigenvalue weighted by molar-refractivity contribution is 6.29. The van der Waals surface area contributed by atoms with E-state index in [1.807, 2.05) is 0 Å². The number of hydrogen-bond acceptors (Lipinski definition) is 2. The van der Waals surface area contributed by atoms with Crippen LogP contribution in [0.1, 0.15) is 44.5 Å². The van der Waals surface area contributed by atoms with E-state index in [1.165, 1.54) is 66.8 Å². The van der Waals surface area contributed by atoms with Gasteiger partial charge in [-0.15, -0.1) is 0 Å². The van der Waals surface area contributed by atoms with Crippen LogP contribution in [0, 0.1) is 0 Å². The van der Waals surface area contributed by atoms with Crippen molar-refractivity contribution in [2.75, 3.05) is 0 Å². The van der Waals surface area contributed by atoms with E-state index < -0.39 is 10.8 Å². The second-order valence-corrected chi connectivity index (χ2v) is 22.9. The Bertz CT molecular complexity index is 5180. The molecule has 0 saturated carbocycles. The smallest absolute Gasteiger partial charge is 0.145 e. The van der Waals surface area contributed by atoms with Crippen molar-refractivity contribution in [3.8, 4) is 33.6 Å². The van der Waals surface area contributed by atoms with Gasteiger partial charge in [-0.25, -0.2) is 0 Å². The summed E-state index contributed by atoms with van der Waals surface area (Å²) in [6, 6.07) is 108. The molecule has 0 amide bonds. The zero-order valence-corrected chi connectivity index (χ0v) is 45.4. The molecule has 0 N–H and O–H groups in total. The molecule has 2 aliphatic carbocycles. The van der Waals surface area contributed by atoms with E-state index in [9.17, 15) is 0 Å². The molecule has 4 heterocycles. The van der Waals surface area contributed by atoms with E-state index in [4.69, 9.17) is 8.83 Å². The van der Waals surface area contributed by atoms with E-state index in [2.05, 4.69) is 300 Å². The van der Waals surface area contributed by atoms with E-state index >= 15 is 0 Å². The van der Waals surface area contributed by atoms with Gasteiger partial charge in [0.15, 0.2) is 0 Å². The number of benzene rings is 13. The third kappa shape index (κ3) is 5.81. The summed E-state index contributed by atoms with van der Waals surface area (Å²) in [6.07, 6.45) is 0. The fourth-order valence-corrected chi connectivity index (χ4v) is 15.8. The van der Waals surface area contributed by atoms with Gasteiger partial charge in [0.2, 0.25) is 0 Å². The van der Waals surface area contributed by atoms with Crippen LogP contribution in [0.4, 0.5) is 0 Å². The highest BCUT2D eigenvalue weighted by Crippen LogP contribution is 2.59. The Balaban J connectivity index is 0.931. The van der Waals surface area contributed by atoms with Gasteiger partial charge in [-0.05, 0) is 140 Å². The zero-order chi connectivity index (χ0) is 54.8. The van der Waals surface area contributed by atoms with Crippen molar-refractivity contribution < 1.29 is 8.83 Å². The molecule has 19 rings (SSSR count). The van der Waals surface area contributed by atoms with Gasteiger partial charge in [0, 0.05) is 43.7 Å². The molecule has 17 aromatic rings. The Morgan fingerprint density at radius 1 is 0.238 bits per heavy atom. The largest absolute Gasteiger partial charge is 0.455 e. The fourth-order valence-electron chi connectivity index (χ4n) is 15.8. The SMILES string of the molecule is c1ccc(C2(c3ccccc3)c3ccccc3-c3cc(-n4c5cc6c7c8oc9ccccc9c8ccc7n(-c7ccc8c(c7)-c7ccccc7C8(c7ccccc7)c7ccccc7)c6cc5c5c6oc7ccccc7c6ccc54)ccc32)cc1. The summed E-state index contributed by atoms with van der Waals surface area (Å²) in [7, 11) is 0. The first kappa shape index (κ1) is 45.8. The second-order valence-electron chi connectivity index (χ2n) is 22.9. The van der Waals surface area contributed by atoms with Crippen LogP contribution in [0.15, 0.2) is 300 Å². The predicted molar refractivity (Wildman–Crippen MR) is 344 cm³/mol. The minimum atomic E-state index is -0.523. The minimum absolute atomic E-state index is 0.523. The van der Waals surface area contributed by atoms with Crippen LogP contribution >= 0.6 is 0 Å². The summed E-state index contributed by atoms with van der Waals surface area (Å²) in [5, 5.41) is 8.76. The molecule has 0 fully saturated rings. The predicted octanol–water partition coefficient (Wildman–Crippen LogP) is 20.4. The molecule has 0 radical (unpaired) electrons. The normalized spacial score (nSPS) is 13.9. The first-order chi connectivity index (χ1) is 41.7. The Labute approximate surface area is 482 Å². The molecule has 4 heteroatoms. The lowest BCUT2D eigenvalue weighted by Gasteiger charge is -2.33. The van der Waals surface area contributed by atoms with Crippen LogP contribution in [0.2, 0.25) is 0 Å². The molecule has 84 heavy (non-hydrogen) atoms. The third-order valence-electron chi connectivity index (χ3n) is 19.1. The highest BCUT2D eigenvalue weighted by Gasteiger charge is 2.48. The van der Waals surface area contributed by atoms with E-state index in [-0.39, 0.29) is 0 Å². The van der Waals surface area contributed by atoms with E-state index in [1.54, 1.807) is 0 Å². The van der Waals surface area contributed by atoms with Crippen molar-refractivity contribution in [2.24, 2.45) is 0 Å². The maximum absolute atomic E-state index is 7.09. The minimum Gasteiger partial charge on any atom is -0.455 e. The molecule has 4 nitrogen and oxygen atoms in total. The number of aromatic nitrogens is 2. The summed E-state index contributed by atoms with van der Waals surface area (Å²) in [6.45, 7) is 0. The molecule has 0 bridgehead atoms. The molecule has 2 aliphatic rings. The summed E-state index contributed by atoms with van der Waals surface area (Å²) >= 11 is 0. The number of para-hydroxylation sites is 2. The van der Waals surface area contributed by atoms with Crippen molar-refractivity contribution in [1.29, 1.82) is 0 Å². The molecule has 0 unspecified atom stereocenters. The molecule has 0 spiro atoms. The topological polar surface area (TPSA) is 36.1 Å². The maximum atomic E-state index is 7.09. The first-order valence-electron chi connectivity index (χ1n) is 29.1. The molecule has 390 valence electrons. The van der Waals surface area contributed by atoms with Gasteiger partial charge in [-0.3, -0.25) is 0 Å². The van der Waals surface area contributed by atoms with Gasteiger partial charge in [0.05, 0.1) is 43.7 Å². The Kier molecular flexibility index (Phi) is 9.16. The van der Waals surface area contributed by atoms with Gasteiger partial charge in [-0.1, -0.05) is 218 Å². The molecular weight excluding hydrogens is 1020 g/mol. The average molecular weight is 1070 g/mol. The van der Waals surface area contributed by atoms with Gasteiger partial charge in [-0.2, -0.15) is 0 Å². The van der Waals surface area contributed by atoms with Crippen molar-refractivity contribution in [2.45, 2.75) is 10.8 Å². The van der Waals surface area contributed by atoms with Gasteiger partial charge >= 0.3 is 0 Å². The molecule has 13 aromatic carbocycles. The molecule has 0 saturated heterocycles.